The number of hydrogen-bond donors (Lipinski definition) is 0. The molecule has 0 bridgehead atoms. The van der Waals surface area contributed by atoms with Crippen molar-refractivity contribution >= 4 is 38.7 Å². The Bertz CT molecular complexity index is 1410. The molecule has 0 unspecified atom stereocenters. The molecular formula is C19H13FN4O2S2. The molecule has 0 N–H and O–H groups in total. The molecule has 9 heteroatoms. The van der Waals surface area contributed by atoms with Crippen LogP contribution in [0.3, 0.4) is 0 Å². The number of fused-ring (bicyclic) bond motifs is 3. The number of thiophene rings is 2. The van der Waals surface area contributed by atoms with Crippen LogP contribution in [0.1, 0.15) is 10.4 Å². The molecule has 1 aromatic carbocycles. The van der Waals surface area contributed by atoms with Gasteiger partial charge in [-0.3, -0.25) is 9.36 Å². The molecule has 0 fully saturated rings. The van der Waals surface area contributed by atoms with Crippen LogP contribution < -0.4 is 11.2 Å². The quantitative estimate of drug-likeness (QED) is 0.456. The minimum Gasteiger partial charge on any atom is -0.270 e. The maximum atomic E-state index is 13.2. The predicted octanol–water partition coefficient (Wildman–Crippen LogP) is 3.17. The lowest BCUT2D eigenvalue weighted by molar-refractivity contribution is 0.622. The van der Waals surface area contributed by atoms with E-state index in [4.69, 9.17) is 0 Å². The highest BCUT2D eigenvalue weighted by atomic mass is 32.1. The summed E-state index contributed by atoms with van der Waals surface area (Å²) in [5.41, 5.74) is 0.816. The highest BCUT2D eigenvalue weighted by Crippen LogP contribution is 2.19. The first kappa shape index (κ1) is 17.1. The second-order valence-corrected chi connectivity index (χ2v) is 8.26. The van der Waals surface area contributed by atoms with E-state index in [1.807, 2.05) is 17.5 Å². The summed E-state index contributed by atoms with van der Waals surface area (Å²) < 4.78 is 18.0. The number of hydrogen-bond acceptors (Lipinski definition) is 5. The predicted molar refractivity (Wildman–Crippen MR) is 108 cm³/mol. The summed E-state index contributed by atoms with van der Waals surface area (Å²) in [6, 6.07) is 11.6. The molecule has 5 rings (SSSR count). The SMILES string of the molecule is O=c1c2sccc2n2c(=O)n(Cc3ccc(F)cc3)nc2n1Cc1cccs1. The van der Waals surface area contributed by atoms with E-state index < -0.39 is 0 Å². The molecule has 0 aliphatic heterocycles. The van der Waals surface area contributed by atoms with Gasteiger partial charge in [0.1, 0.15) is 10.5 Å². The van der Waals surface area contributed by atoms with Crippen molar-refractivity contribution in [2.75, 3.05) is 0 Å². The summed E-state index contributed by atoms with van der Waals surface area (Å²) in [5, 5.41) is 8.19. The van der Waals surface area contributed by atoms with E-state index >= 15 is 0 Å². The Labute approximate surface area is 165 Å². The third kappa shape index (κ3) is 2.71. The third-order valence-corrected chi connectivity index (χ3v) is 6.28. The molecule has 0 saturated carbocycles. The van der Waals surface area contributed by atoms with Crippen molar-refractivity contribution in [3.63, 3.8) is 0 Å². The normalized spacial score (nSPS) is 11.6. The van der Waals surface area contributed by atoms with Crippen LogP contribution in [0.25, 0.3) is 16.0 Å². The first-order valence-corrected chi connectivity index (χ1v) is 10.2. The molecule has 0 aliphatic carbocycles. The number of benzene rings is 1. The van der Waals surface area contributed by atoms with Crippen LogP contribution in [0, 0.1) is 5.82 Å². The molecule has 4 heterocycles. The van der Waals surface area contributed by atoms with Crippen LogP contribution in [-0.4, -0.2) is 18.7 Å². The van der Waals surface area contributed by atoms with E-state index in [1.54, 1.807) is 34.9 Å². The van der Waals surface area contributed by atoms with Gasteiger partial charge in [0.05, 0.1) is 18.6 Å². The standard InChI is InChI=1S/C19H13FN4O2S2/c20-13-5-3-12(4-6-13)10-23-19(26)24-15-7-9-28-16(15)17(25)22(18(24)21-23)11-14-2-1-8-27-14/h1-9H,10-11H2. The summed E-state index contributed by atoms with van der Waals surface area (Å²) in [5.74, 6) is -0.0349. The molecule has 0 saturated heterocycles. The topological polar surface area (TPSA) is 61.3 Å². The maximum absolute atomic E-state index is 13.2. The van der Waals surface area contributed by atoms with Gasteiger partial charge in [-0.2, -0.15) is 0 Å². The van der Waals surface area contributed by atoms with E-state index in [2.05, 4.69) is 5.10 Å². The monoisotopic (exact) mass is 412 g/mol. The van der Waals surface area contributed by atoms with Gasteiger partial charge in [-0.25, -0.2) is 18.3 Å². The van der Waals surface area contributed by atoms with Gasteiger partial charge in [0.2, 0.25) is 5.78 Å². The Morgan fingerprint density at radius 2 is 1.79 bits per heavy atom. The minimum atomic E-state index is -0.337. The Kier molecular flexibility index (Phi) is 3.99. The van der Waals surface area contributed by atoms with Gasteiger partial charge in [-0.15, -0.1) is 27.8 Å². The zero-order valence-electron chi connectivity index (χ0n) is 14.4. The Morgan fingerprint density at radius 3 is 2.54 bits per heavy atom. The second kappa shape index (κ2) is 6.54. The zero-order chi connectivity index (χ0) is 19.3. The largest absolute Gasteiger partial charge is 0.352 e. The van der Waals surface area contributed by atoms with E-state index in [0.717, 1.165) is 10.4 Å². The maximum Gasteiger partial charge on any atom is 0.352 e. The molecule has 0 aliphatic rings. The molecule has 0 radical (unpaired) electrons. The molecule has 4 aromatic heterocycles. The van der Waals surface area contributed by atoms with Gasteiger partial charge in [0, 0.05) is 4.88 Å². The lowest BCUT2D eigenvalue weighted by Gasteiger charge is -2.06. The lowest BCUT2D eigenvalue weighted by Crippen LogP contribution is -2.26. The molecule has 0 atom stereocenters. The Morgan fingerprint density at radius 1 is 0.964 bits per heavy atom. The summed E-state index contributed by atoms with van der Waals surface area (Å²) in [4.78, 5) is 27.1. The lowest BCUT2D eigenvalue weighted by atomic mass is 10.2. The molecule has 6 nitrogen and oxygen atoms in total. The smallest absolute Gasteiger partial charge is 0.270 e. The highest BCUT2D eigenvalue weighted by molar-refractivity contribution is 7.17. The van der Waals surface area contributed by atoms with Crippen molar-refractivity contribution in [3.8, 4) is 0 Å². The van der Waals surface area contributed by atoms with Crippen molar-refractivity contribution in [2.24, 2.45) is 0 Å². The second-order valence-electron chi connectivity index (χ2n) is 6.31. The van der Waals surface area contributed by atoms with Crippen molar-refractivity contribution < 1.29 is 4.39 Å². The molecule has 5 aromatic rings. The van der Waals surface area contributed by atoms with Gasteiger partial charge in [0.25, 0.3) is 5.56 Å². The van der Waals surface area contributed by atoms with Crippen LogP contribution in [-0.2, 0) is 13.1 Å². The van der Waals surface area contributed by atoms with Crippen LogP contribution in [0.5, 0.6) is 0 Å². The van der Waals surface area contributed by atoms with E-state index in [-0.39, 0.29) is 23.6 Å². The minimum absolute atomic E-state index is 0.162. The molecule has 0 spiro atoms. The van der Waals surface area contributed by atoms with Crippen molar-refractivity contribution in [1.82, 2.24) is 18.7 Å². The van der Waals surface area contributed by atoms with Crippen molar-refractivity contribution in [2.45, 2.75) is 13.1 Å². The molecular weight excluding hydrogens is 399 g/mol. The fourth-order valence-electron chi connectivity index (χ4n) is 3.20. The van der Waals surface area contributed by atoms with Gasteiger partial charge in [0.15, 0.2) is 0 Å². The van der Waals surface area contributed by atoms with Crippen LogP contribution in [0.15, 0.2) is 62.8 Å². The van der Waals surface area contributed by atoms with E-state index in [0.29, 0.717) is 22.5 Å². The van der Waals surface area contributed by atoms with Crippen LogP contribution in [0.2, 0.25) is 0 Å². The Hall–Kier alpha value is -3.04. The third-order valence-electron chi connectivity index (χ3n) is 4.53. The zero-order valence-corrected chi connectivity index (χ0v) is 16.0. The number of nitrogens with zero attached hydrogens (tertiary/aromatic N) is 4. The summed E-state index contributed by atoms with van der Waals surface area (Å²) >= 11 is 2.85. The van der Waals surface area contributed by atoms with E-state index in [9.17, 15) is 14.0 Å². The number of rotatable bonds is 4. The first-order chi connectivity index (χ1) is 13.6. The van der Waals surface area contributed by atoms with Gasteiger partial charge < -0.3 is 0 Å². The van der Waals surface area contributed by atoms with Gasteiger partial charge in [-0.05, 0) is 40.6 Å². The molecule has 28 heavy (non-hydrogen) atoms. The summed E-state index contributed by atoms with van der Waals surface area (Å²) in [6.45, 7) is 0.542. The summed E-state index contributed by atoms with van der Waals surface area (Å²) in [6.07, 6.45) is 0. The van der Waals surface area contributed by atoms with Crippen LogP contribution in [0.4, 0.5) is 4.39 Å². The fourth-order valence-corrected chi connectivity index (χ4v) is 4.72. The van der Waals surface area contributed by atoms with Gasteiger partial charge >= 0.3 is 5.69 Å². The van der Waals surface area contributed by atoms with Crippen LogP contribution >= 0.6 is 22.7 Å². The van der Waals surface area contributed by atoms with Gasteiger partial charge in [-0.1, -0.05) is 18.2 Å². The first-order valence-electron chi connectivity index (χ1n) is 8.48. The average Bonchev–Trinajstić information content (AvgIpc) is 3.42. The van der Waals surface area contributed by atoms with E-state index in [1.165, 1.54) is 37.1 Å². The highest BCUT2D eigenvalue weighted by Gasteiger charge is 2.18. The Balaban J connectivity index is 1.74. The number of halogens is 1. The molecule has 0 amide bonds. The molecule has 140 valence electrons. The number of aromatic nitrogens is 4. The summed E-state index contributed by atoms with van der Waals surface area (Å²) in [7, 11) is 0. The average molecular weight is 412 g/mol. The fraction of sp³-hybridized carbons (Fsp3) is 0.105. The van der Waals surface area contributed by atoms with Crippen molar-refractivity contribution in [3.05, 3.63) is 90.3 Å². The van der Waals surface area contributed by atoms with Crippen molar-refractivity contribution in [1.29, 1.82) is 0 Å².